The molecule has 0 fully saturated rings. The number of fused-ring (bicyclic) bond motifs is 1. The Morgan fingerprint density at radius 3 is 2.48 bits per heavy atom. The maximum atomic E-state index is 5.06. The third-order valence-corrected chi connectivity index (χ3v) is 5.12. The second-order valence-electron chi connectivity index (χ2n) is 6.54. The van der Waals surface area contributed by atoms with Crippen LogP contribution in [-0.4, -0.2) is 16.3 Å². The number of nitrogens with zero attached hydrogens (tertiary/aromatic N) is 2. The van der Waals surface area contributed by atoms with Gasteiger partial charge >= 0.3 is 0 Å². The molecule has 1 aromatic carbocycles. The molecule has 0 spiro atoms. The van der Waals surface area contributed by atoms with Gasteiger partial charge in [0.1, 0.15) is 5.82 Å². The highest BCUT2D eigenvalue weighted by molar-refractivity contribution is 5.55. The third kappa shape index (κ3) is 3.15. The van der Waals surface area contributed by atoms with Crippen LogP contribution in [0.5, 0.6) is 0 Å². The van der Waals surface area contributed by atoms with Crippen LogP contribution in [0.1, 0.15) is 69.2 Å². The van der Waals surface area contributed by atoms with E-state index in [0.29, 0.717) is 5.92 Å². The highest BCUT2D eigenvalue weighted by Crippen LogP contribution is 2.34. The van der Waals surface area contributed by atoms with Crippen molar-refractivity contribution in [3.8, 4) is 5.69 Å². The van der Waals surface area contributed by atoms with E-state index in [9.17, 15) is 0 Å². The van der Waals surface area contributed by atoms with E-state index in [0.717, 1.165) is 32.2 Å². The van der Waals surface area contributed by atoms with Gasteiger partial charge in [0.15, 0.2) is 0 Å². The Morgan fingerprint density at radius 1 is 1.09 bits per heavy atom. The predicted molar refractivity (Wildman–Crippen MR) is 97.7 cm³/mol. The highest BCUT2D eigenvalue weighted by atomic mass is 15.3. The van der Waals surface area contributed by atoms with Crippen LogP contribution in [0.3, 0.4) is 0 Å². The number of hydrogen-bond donors (Lipinski definition) is 1. The maximum absolute atomic E-state index is 5.06. The zero-order valence-corrected chi connectivity index (χ0v) is 14.7. The molecular weight excluding hydrogens is 282 g/mol. The molecule has 3 rings (SSSR count). The van der Waals surface area contributed by atoms with Crippen LogP contribution < -0.4 is 5.32 Å². The zero-order valence-electron chi connectivity index (χ0n) is 14.7. The Balaban J connectivity index is 2.08. The second-order valence-corrected chi connectivity index (χ2v) is 6.54. The average molecular weight is 311 g/mol. The van der Waals surface area contributed by atoms with E-state index in [-0.39, 0.29) is 0 Å². The maximum Gasteiger partial charge on any atom is 0.133 e. The standard InChI is InChI=1S/C20H29N3/c1-4-15-10-12-17(13-11-15)23-20-18(9-7-8-14-21-20)19(22-23)16(5-2)6-3/h10-13,16,21H,4-9,14H2,1-3H3. The van der Waals surface area contributed by atoms with Gasteiger partial charge in [-0.2, -0.15) is 5.10 Å². The first-order valence-electron chi connectivity index (χ1n) is 9.23. The van der Waals surface area contributed by atoms with Gasteiger partial charge in [-0.25, -0.2) is 4.68 Å². The number of nitrogens with one attached hydrogen (secondary N) is 1. The lowest BCUT2D eigenvalue weighted by atomic mass is 9.94. The van der Waals surface area contributed by atoms with E-state index in [1.165, 1.54) is 41.2 Å². The molecule has 0 aliphatic carbocycles. The molecule has 0 amide bonds. The lowest BCUT2D eigenvalue weighted by Gasteiger charge is -2.11. The molecular formula is C20H29N3. The summed E-state index contributed by atoms with van der Waals surface area (Å²) < 4.78 is 2.15. The van der Waals surface area contributed by atoms with Gasteiger partial charge in [-0.1, -0.05) is 32.9 Å². The van der Waals surface area contributed by atoms with E-state index >= 15 is 0 Å². The summed E-state index contributed by atoms with van der Waals surface area (Å²) in [4.78, 5) is 0. The van der Waals surface area contributed by atoms with Crippen molar-refractivity contribution < 1.29 is 0 Å². The number of hydrogen-bond acceptors (Lipinski definition) is 2. The van der Waals surface area contributed by atoms with Crippen LogP contribution in [0.15, 0.2) is 24.3 Å². The van der Waals surface area contributed by atoms with E-state index in [1.54, 1.807) is 0 Å². The fraction of sp³-hybridized carbons (Fsp3) is 0.550. The van der Waals surface area contributed by atoms with E-state index in [4.69, 9.17) is 5.10 Å². The smallest absolute Gasteiger partial charge is 0.133 e. The molecule has 0 saturated carbocycles. The average Bonchev–Trinajstić information content (AvgIpc) is 2.79. The SMILES string of the molecule is CCc1ccc(-n2nc(C(CC)CC)c3c2NCCCC3)cc1. The number of anilines is 1. The van der Waals surface area contributed by atoms with Crippen molar-refractivity contribution in [3.63, 3.8) is 0 Å². The van der Waals surface area contributed by atoms with Gasteiger partial charge < -0.3 is 5.32 Å². The number of rotatable bonds is 5. The molecule has 0 unspecified atom stereocenters. The van der Waals surface area contributed by atoms with E-state index in [2.05, 4.69) is 55.0 Å². The normalized spacial score (nSPS) is 14.4. The molecule has 0 radical (unpaired) electrons. The first-order valence-corrected chi connectivity index (χ1v) is 9.23. The van der Waals surface area contributed by atoms with Crippen molar-refractivity contribution in [1.29, 1.82) is 0 Å². The van der Waals surface area contributed by atoms with Crippen LogP contribution in [0, 0.1) is 0 Å². The van der Waals surface area contributed by atoms with E-state index in [1.807, 2.05) is 0 Å². The molecule has 2 aromatic rings. The minimum Gasteiger partial charge on any atom is -0.370 e. The van der Waals surface area contributed by atoms with Crippen LogP contribution in [0.25, 0.3) is 5.69 Å². The Kier molecular flexibility index (Phi) is 5.04. The van der Waals surface area contributed by atoms with Crippen molar-refractivity contribution in [2.45, 2.75) is 65.2 Å². The minimum absolute atomic E-state index is 0.569. The predicted octanol–water partition coefficient (Wildman–Crippen LogP) is 5.09. The molecule has 1 aliphatic heterocycles. The van der Waals surface area contributed by atoms with Crippen molar-refractivity contribution >= 4 is 5.82 Å². The topological polar surface area (TPSA) is 29.9 Å². The molecule has 0 saturated heterocycles. The van der Waals surface area contributed by atoms with Gasteiger partial charge in [0, 0.05) is 18.0 Å². The molecule has 124 valence electrons. The Bertz CT molecular complexity index is 636. The largest absolute Gasteiger partial charge is 0.370 e. The molecule has 3 heteroatoms. The first kappa shape index (κ1) is 16.1. The Hall–Kier alpha value is -1.77. The number of aromatic nitrogens is 2. The molecule has 23 heavy (non-hydrogen) atoms. The third-order valence-electron chi connectivity index (χ3n) is 5.12. The highest BCUT2D eigenvalue weighted by Gasteiger charge is 2.24. The van der Waals surface area contributed by atoms with Crippen molar-refractivity contribution in [3.05, 3.63) is 41.1 Å². The van der Waals surface area contributed by atoms with Crippen LogP contribution in [-0.2, 0) is 12.8 Å². The summed E-state index contributed by atoms with van der Waals surface area (Å²) >= 11 is 0. The zero-order chi connectivity index (χ0) is 16.2. The van der Waals surface area contributed by atoms with Crippen molar-refractivity contribution in [1.82, 2.24) is 9.78 Å². The lowest BCUT2D eigenvalue weighted by Crippen LogP contribution is -2.07. The van der Waals surface area contributed by atoms with Gasteiger partial charge in [-0.3, -0.25) is 0 Å². The van der Waals surface area contributed by atoms with Gasteiger partial charge in [0.05, 0.1) is 11.4 Å². The quantitative estimate of drug-likeness (QED) is 0.834. The summed E-state index contributed by atoms with van der Waals surface area (Å²) in [7, 11) is 0. The fourth-order valence-electron chi connectivity index (χ4n) is 3.59. The molecule has 0 atom stereocenters. The van der Waals surface area contributed by atoms with Crippen LogP contribution in [0.4, 0.5) is 5.82 Å². The summed E-state index contributed by atoms with van der Waals surface area (Å²) in [5.41, 5.74) is 5.32. The summed E-state index contributed by atoms with van der Waals surface area (Å²) in [6.07, 6.45) is 7.05. The minimum atomic E-state index is 0.569. The number of benzene rings is 1. The number of aryl methyl sites for hydroxylation is 1. The molecule has 1 aromatic heterocycles. The monoisotopic (exact) mass is 311 g/mol. The van der Waals surface area contributed by atoms with Crippen molar-refractivity contribution in [2.24, 2.45) is 0 Å². The van der Waals surface area contributed by atoms with E-state index < -0.39 is 0 Å². The van der Waals surface area contributed by atoms with Gasteiger partial charge in [-0.05, 0) is 56.2 Å². The van der Waals surface area contributed by atoms with Crippen LogP contribution >= 0.6 is 0 Å². The molecule has 3 nitrogen and oxygen atoms in total. The lowest BCUT2D eigenvalue weighted by molar-refractivity contribution is 0.605. The Morgan fingerprint density at radius 2 is 1.83 bits per heavy atom. The van der Waals surface area contributed by atoms with Gasteiger partial charge in [0.2, 0.25) is 0 Å². The molecule has 0 bridgehead atoms. The van der Waals surface area contributed by atoms with Gasteiger partial charge in [0.25, 0.3) is 0 Å². The van der Waals surface area contributed by atoms with Gasteiger partial charge in [-0.15, -0.1) is 0 Å². The molecule has 2 heterocycles. The summed E-state index contributed by atoms with van der Waals surface area (Å²) in [5.74, 6) is 1.80. The Labute approximate surface area is 140 Å². The summed E-state index contributed by atoms with van der Waals surface area (Å²) in [6, 6.07) is 8.85. The summed E-state index contributed by atoms with van der Waals surface area (Å²) in [6.45, 7) is 7.80. The molecule has 1 N–H and O–H groups in total. The first-order chi connectivity index (χ1) is 11.3. The molecule has 1 aliphatic rings. The van der Waals surface area contributed by atoms with Crippen LogP contribution in [0.2, 0.25) is 0 Å². The van der Waals surface area contributed by atoms with Crippen molar-refractivity contribution in [2.75, 3.05) is 11.9 Å². The second kappa shape index (κ2) is 7.20. The summed E-state index contributed by atoms with van der Waals surface area (Å²) in [5, 5.41) is 8.70. The fourth-order valence-corrected chi connectivity index (χ4v) is 3.59.